The van der Waals surface area contributed by atoms with E-state index in [0.717, 1.165) is 18.4 Å². The summed E-state index contributed by atoms with van der Waals surface area (Å²) in [6.07, 6.45) is 2.85. The first-order valence-electron chi connectivity index (χ1n) is 8.03. The maximum atomic E-state index is 11.6. The number of carbonyl (C=O) groups excluding carboxylic acids is 2. The Labute approximate surface area is 155 Å². The Kier molecular flexibility index (Phi) is 5.20. The van der Waals surface area contributed by atoms with Crippen molar-refractivity contribution >= 4 is 46.2 Å². The number of hydrogen-bond acceptors (Lipinski definition) is 5. The molecule has 0 bridgehead atoms. The molecular weight excluding hydrogens is 367 g/mol. The van der Waals surface area contributed by atoms with E-state index in [2.05, 4.69) is 4.98 Å². The maximum Gasteiger partial charge on any atom is 0.303 e. The number of fused-ring (bicyclic) bond motifs is 1. The van der Waals surface area contributed by atoms with E-state index in [4.69, 9.17) is 32.7 Å². The molecule has 3 rings (SSSR count). The Hall–Kier alpha value is -1.79. The summed E-state index contributed by atoms with van der Waals surface area (Å²) >= 11 is 12.2. The monoisotopic (exact) mass is 384 g/mol. The van der Waals surface area contributed by atoms with Gasteiger partial charge < -0.3 is 14.0 Å². The average molecular weight is 385 g/mol. The molecule has 1 saturated carbocycles. The quantitative estimate of drug-likeness (QED) is 0.749. The van der Waals surface area contributed by atoms with Gasteiger partial charge in [0, 0.05) is 13.8 Å². The fourth-order valence-electron chi connectivity index (χ4n) is 3.37. The van der Waals surface area contributed by atoms with E-state index < -0.39 is 24.1 Å². The molecule has 0 N–H and O–H groups in total. The van der Waals surface area contributed by atoms with Crippen molar-refractivity contribution < 1.29 is 19.1 Å². The summed E-state index contributed by atoms with van der Waals surface area (Å²) in [5, 5.41) is 0.852. The van der Waals surface area contributed by atoms with Gasteiger partial charge in [-0.25, -0.2) is 4.98 Å². The number of ether oxygens (including phenoxy) is 2. The highest BCUT2D eigenvalue weighted by Crippen LogP contribution is 2.36. The molecular formula is C17H18Cl2N2O4. The van der Waals surface area contributed by atoms with Crippen LogP contribution in [0.5, 0.6) is 0 Å². The van der Waals surface area contributed by atoms with Crippen LogP contribution in [0.3, 0.4) is 0 Å². The first kappa shape index (κ1) is 18.0. The molecule has 1 fully saturated rings. The Morgan fingerprint density at radius 2 is 1.80 bits per heavy atom. The normalized spacial score (nSPS) is 23.4. The van der Waals surface area contributed by atoms with Crippen LogP contribution in [-0.4, -0.2) is 33.7 Å². The second-order valence-electron chi connectivity index (χ2n) is 6.13. The van der Waals surface area contributed by atoms with Crippen molar-refractivity contribution in [3.8, 4) is 0 Å². The predicted molar refractivity (Wildman–Crippen MR) is 93.7 cm³/mol. The van der Waals surface area contributed by atoms with Gasteiger partial charge in [-0.15, -0.1) is 0 Å². The summed E-state index contributed by atoms with van der Waals surface area (Å²) in [4.78, 5) is 27.4. The molecule has 0 radical (unpaired) electrons. The number of aromatic nitrogens is 2. The molecule has 1 aliphatic carbocycles. The highest BCUT2D eigenvalue weighted by molar-refractivity contribution is 6.42. The van der Waals surface area contributed by atoms with Gasteiger partial charge >= 0.3 is 11.9 Å². The van der Waals surface area contributed by atoms with Crippen molar-refractivity contribution in [3.05, 3.63) is 28.5 Å². The van der Waals surface area contributed by atoms with Gasteiger partial charge in [-0.1, -0.05) is 23.2 Å². The Morgan fingerprint density at radius 3 is 2.48 bits per heavy atom. The zero-order valence-corrected chi connectivity index (χ0v) is 15.4. The van der Waals surface area contributed by atoms with Crippen molar-refractivity contribution in [3.63, 3.8) is 0 Å². The number of rotatable bonds is 3. The molecule has 0 amide bonds. The van der Waals surface area contributed by atoms with Crippen LogP contribution in [0.25, 0.3) is 11.0 Å². The third kappa shape index (κ3) is 3.75. The molecule has 8 heteroatoms. The maximum absolute atomic E-state index is 11.6. The molecule has 6 nitrogen and oxygen atoms in total. The summed E-state index contributed by atoms with van der Waals surface area (Å²) in [6.45, 7) is 2.70. The molecule has 0 unspecified atom stereocenters. The van der Waals surface area contributed by atoms with E-state index in [1.807, 2.05) is 4.57 Å². The van der Waals surface area contributed by atoms with Gasteiger partial charge in [0.1, 0.15) is 6.10 Å². The molecule has 3 atom stereocenters. The van der Waals surface area contributed by atoms with Gasteiger partial charge in [-0.2, -0.15) is 0 Å². The molecule has 2 aromatic rings. The first-order valence-corrected chi connectivity index (χ1v) is 8.78. The van der Waals surface area contributed by atoms with Crippen LogP contribution < -0.4 is 0 Å². The smallest absolute Gasteiger partial charge is 0.303 e. The van der Waals surface area contributed by atoms with Crippen LogP contribution in [0.15, 0.2) is 18.5 Å². The lowest BCUT2D eigenvalue weighted by Crippen LogP contribution is -2.43. The zero-order valence-electron chi connectivity index (χ0n) is 13.9. The number of hydrogen-bond donors (Lipinski definition) is 0. The molecule has 0 spiro atoms. The molecule has 1 aromatic heterocycles. The minimum atomic E-state index is -0.581. The van der Waals surface area contributed by atoms with Crippen molar-refractivity contribution in [1.82, 2.24) is 9.55 Å². The van der Waals surface area contributed by atoms with E-state index in [-0.39, 0.29) is 6.04 Å². The van der Waals surface area contributed by atoms with Crippen molar-refractivity contribution in [1.29, 1.82) is 0 Å². The number of benzene rings is 1. The predicted octanol–water partition coefficient (Wildman–Crippen LogP) is 3.93. The molecule has 1 heterocycles. The minimum Gasteiger partial charge on any atom is -0.459 e. The Balaban J connectivity index is 2.02. The number of imidazole rings is 1. The summed E-state index contributed by atoms with van der Waals surface area (Å²) in [5.74, 6) is -0.812. The van der Waals surface area contributed by atoms with Crippen molar-refractivity contribution in [2.75, 3.05) is 0 Å². The number of nitrogens with zero attached hydrogens (tertiary/aromatic N) is 2. The number of halogens is 2. The van der Waals surface area contributed by atoms with Crippen LogP contribution >= 0.6 is 23.2 Å². The summed E-state index contributed by atoms with van der Waals surface area (Å²) < 4.78 is 12.8. The average Bonchev–Trinajstić information content (AvgIpc) is 2.91. The second-order valence-corrected chi connectivity index (χ2v) is 6.94. The van der Waals surface area contributed by atoms with Crippen LogP contribution in [0.2, 0.25) is 10.0 Å². The summed E-state index contributed by atoms with van der Waals surface area (Å²) in [5.41, 5.74) is 1.49. The molecule has 0 saturated heterocycles. The highest BCUT2D eigenvalue weighted by atomic mass is 35.5. The summed E-state index contributed by atoms with van der Waals surface area (Å²) in [7, 11) is 0. The zero-order chi connectivity index (χ0) is 18.1. The molecule has 1 aromatic carbocycles. The van der Waals surface area contributed by atoms with Gasteiger partial charge in [-0.05, 0) is 31.4 Å². The van der Waals surface area contributed by atoms with Gasteiger partial charge in [0.05, 0.1) is 33.4 Å². The lowest BCUT2D eigenvalue weighted by atomic mass is 9.89. The topological polar surface area (TPSA) is 70.4 Å². The number of carbonyl (C=O) groups is 2. The standard InChI is InChI=1S/C17H18Cl2N2O4/c1-9(22)24-16-5-3-4-14(17(16)25-10(2)23)21-8-20-13-6-11(18)12(19)7-15(13)21/h6-8,14,16-17H,3-5H2,1-2H3/t14-,16-,17+/m1/s1. The second kappa shape index (κ2) is 7.22. The molecule has 134 valence electrons. The largest absolute Gasteiger partial charge is 0.459 e. The van der Waals surface area contributed by atoms with Gasteiger partial charge in [0.2, 0.25) is 0 Å². The van der Waals surface area contributed by atoms with Crippen LogP contribution in [0, 0.1) is 0 Å². The third-order valence-electron chi connectivity index (χ3n) is 4.33. The third-order valence-corrected chi connectivity index (χ3v) is 5.05. The summed E-state index contributed by atoms with van der Waals surface area (Å²) in [6, 6.07) is 3.24. The van der Waals surface area contributed by atoms with Gasteiger partial charge in [-0.3, -0.25) is 9.59 Å². The van der Waals surface area contributed by atoms with Crippen LogP contribution in [0.1, 0.15) is 39.2 Å². The lowest BCUT2D eigenvalue weighted by molar-refractivity contribution is -0.173. The molecule has 0 aliphatic heterocycles. The van der Waals surface area contributed by atoms with E-state index in [9.17, 15) is 9.59 Å². The highest BCUT2D eigenvalue weighted by Gasteiger charge is 2.39. The SMILES string of the molecule is CC(=O)O[C@H]1[C@H](n2cnc3cc(Cl)c(Cl)cc32)CCC[C@H]1OC(C)=O. The van der Waals surface area contributed by atoms with Crippen LogP contribution in [0.4, 0.5) is 0 Å². The van der Waals surface area contributed by atoms with Gasteiger partial charge in [0.15, 0.2) is 6.10 Å². The molecule has 1 aliphatic rings. The minimum absolute atomic E-state index is 0.204. The van der Waals surface area contributed by atoms with Crippen molar-refractivity contribution in [2.45, 2.75) is 51.4 Å². The lowest BCUT2D eigenvalue weighted by Gasteiger charge is -2.37. The van der Waals surface area contributed by atoms with E-state index in [1.165, 1.54) is 13.8 Å². The van der Waals surface area contributed by atoms with E-state index in [0.29, 0.717) is 22.0 Å². The van der Waals surface area contributed by atoms with Gasteiger partial charge in [0.25, 0.3) is 0 Å². The van der Waals surface area contributed by atoms with Crippen LogP contribution in [-0.2, 0) is 19.1 Å². The number of esters is 2. The van der Waals surface area contributed by atoms with E-state index in [1.54, 1.807) is 18.5 Å². The Morgan fingerprint density at radius 1 is 1.12 bits per heavy atom. The fourth-order valence-corrected chi connectivity index (χ4v) is 3.69. The van der Waals surface area contributed by atoms with E-state index >= 15 is 0 Å². The Bertz CT molecular complexity index is 820. The first-order chi connectivity index (χ1) is 11.9. The molecule has 25 heavy (non-hydrogen) atoms. The fraction of sp³-hybridized carbons (Fsp3) is 0.471. The van der Waals surface area contributed by atoms with Crippen molar-refractivity contribution in [2.24, 2.45) is 0 Å².